The topological polar surface area (TPSA) is 102 Å². The molecule has 0 saturated carbocycles. The maximum absolute atomic E-state index is 12.1. The molecular formula is C24H24N4O4. The van der Waals surface area contributed by atoms with E-state index in [-0.39, 0.29) is 0 Å². The van der Waals surface area contributed by atoms with E-state index in [0.29, 0.717) is 11.3 Å². The molecule has 0 spiro atoms. The third-order valence-electron chi connectivity index (χ3n) is 4.90. The van der Waals surface area contributed by atoms with E-state index in [2.05, 4.69) is 25.1 Å². The minimum Gasteiger partial charge on any atom is -0.465 e. The zero-order chi connectivity index (χ0) is 23.3. The highest BCUT2D eigenvalue weighted by molar-refractivity contribution is 6.39. The monoisotopic (exact) mass is 432 g/mol. The van der Waals surface area contributed by atoms with Crippen LogP contribution in [0.1, 0.15) is 32.9 Å². The van der Waals surface area contributed by atoms with Crippen LogP contribution >= 0.6 is 0 Å². The molecule has 32 heavy (non-hydrogen) atoms. The summed E-state index contributed by atoms with van der Waals surface area (Å²) in [5.74, 6) is -2.28. The summed E-state index contributed by atoms with van der Waals surface area (Å²) in [7, 11) is 1.28. The molecular weight excluding hydrogens is 408 g/mol. The van der Waals surface area contributed by atoms with Crippen LogP contribution in [0.2, 0.25) is 0 Å². The van der Waals surface area contributed by atoms with Gasteiger partial charge < -0.3 is 14.6 Å². The lowest BCUT2D eigenvalue weighted by atomic mass is 10.2. The molecule has 1 aromatic heterocycles. The van der Waals surface area contributed by atoms with Crippen molar-refractivity contribution < 1.29 is 19.1 Å². The van der Waals surface area contributed by atoms with Crippen LogP contribution in [-0.4, -0.2) is 35.7 Å². The van der Waals surface area contributed by atoms with Gasteiger partial charge in [0.05, 0.1) is 18.9 Å². The Labute approximate surface area is 185 Å². The highest BCUT2D eigenvalue weighted by Crippen LogP contribution is 2.20. The fourth-order valence-corrected chi connectivity index (χ4v) is 3.22. The molecule has 2 amide bonds. The first-order valence-electron chi connectivity index (χ1n) is 9.89. The number of aromatic nitrogens is 1. The minimum absolute atomic E-state index is 0.336. The van der Waals surface area contributed by atoms with Gasteiger partial charge in [0.2, 0.25) is 0 Å². The molecule has 0 aliphatic carbocycles. The Morgan fingerprint density at radius 2 is 1.59 bits per heavy atom. The van der Waals surface area contributed by atoms with E-state index in [9.17, 15) is 14.4 Å². The molecule has 2 aromatic carbocycles. The van der Waals surface area contributed by atoms with Crippen LogP contribution in [0.3, 0.4) is 0 Å². The van der Waals surface area contributed by atoms with Crippen molar-refractivity contribution in [1.29, 1.82) is 0 Å². The second kappa shape index (κ2) is 9.74. The fraction of sp³-hybridized carbons (Fsp3) is 0.167. The normalized spacial score (nSPS) is 10.8. The Morgan fingerprint density at radius 1 is 0.938 bits per heavy atom. The highest BCUT2D eigenvalue weighted by atomic mass is 16.5. The zero-order valence-corrected chi connectivity index (χ0v) is 18.3. The molecule has 0 atom stereocenters. The maximum Gasteiger partial charge on any atom is 0.337 e. The van der Waals surface area contributed by atoms with Gasteiger partial charge in [-0.1, -0.05) is 17.7 Å². The number of rotatable bonds is 5. The van der Waals surface area contributed by atoms with Crippen molar-refractivity contribution in [2.24, 2.45) is 5.10 Å². The number of methoxy groups -OCH3 is 1. The first-order valence-corrected chi connectivity index (χ1v) is 9.89. The average Bonchev–Trinajstić information content (AvgIpc) is 3.07. The third kappa shape index (κ3) is 5.10. The van der Waals surface area contributed by atoms with Gasteiger partial charge in [-0.25, -0.2) is 10.2 Å². The first kappa shape index (κ1) is 22.5. The Balaban J connectivity index is 1.62. The second-order valence-electron chi connectivity index (χ2n) is 7.22. The number of carbonyl (C=O) groups is 3. The Hall–Kier alpha value is -4.20. The molecule has 0 aliphatic heterocycles. The molecule has 1 heterocycles. The number of esters is 1. The predicted molar refractivity (Wildman–Crippen MR) is 122 cm³/mol. The summed E-state index contributed by atoms with van der Waals surface area (Å²) in [6, 6.07) is 16.1. The summed E-state index contributed by atoms with van der Waals surface area (Å²) in [4.78, 5) is 35.6. The van der Waals surface area contributed by atoms with E-state index in [1.807, 2.05) is 51.1 Å². The molecule has 0 radical (unpaired) electrons. The number of nitrogens with one attached hydrogen (secondary N) is 2. The van der Waals surface area contributed by atoms with Gasteiger partial charge in [-0.3, -0.25) is 9.59 Å². The summed E-state index contributed by atoms with van der Waals surface area (Å²) < 4.78 is 6.71. The lowest BCUT2D eigenvalue weighted by molar-refractivity contribution is -0.136. The quantitative estimate of drug-likeness (QED) is 0.280. The van der Waals surface area contributed by atoms with Gasteiger partial charge in [-0.2, -0.15) is 5.10 Å². The van der Waals surface area contributed by atoms with E-state index in [1.165, 1.54) is 43.2 Å². The van der Waals surface area contributed by atoms with E-state index in [1.54, 1.807) is 0 Å². The van der Waals surface area contributed by atoms with Crippen LogP contribution in [0.15, 0.2) is 59.7 Å². The van der Waals surface area contributed by atoms with E-state index in [0.717, 1.165) is 22.6 Å². The molecule has 8 heteroatoms. The number of ether oxygens (including phenoxy) is 1. The third-order valence-corrected chi connectivity index (χ3v) is 4.90. The van der Waals surface area contributed by atoms with Crippen LogP contribution < -0.4 is 10.7 Å². The second-order valence-corrected chi connectivity index (χ2v) is 7.22. The smallest absolute Gasteiger partial charge is 0.337 e. The first-order chi connectivity index (χ1) is 15.3. The van der Waals surface area contributed by atoms with Gasteiger partial charge in [0.15, 0.2) is 0 Å². The number of benzene rings is 2. The van der Waals surface area contributed by atoms with Crippen molar-refractivity contribution in [3.05, 3.63) is 82.7 Å². The number of anilines is 1. The number of hydrogen-bond donors (Lipinski definition) is 2. The van der Waals surface area contributed by atoms with E-state index in [4.69, 9.17) is 0 Å². The van der Waals surface area contributed by atoms with Crippen LogP contribution in [-0.2, 0) is 14.3 Å². The molecule has 3 rings (SSSR count). The van der Waals surface area contributed by atoms with Gasteiger partial charge in [0.1, 0.15) is 0 Å². The summed E-state index contributed by atoms with van der Waals surface area (Å²) in [5, 5.41) is 6.36. The lowest BCUT2D eigenvalue weighted by Gasteiger charge is -2.09. The van der Waals surface area contributed by atoms with Crippen LogP contribution in [0.25, 0.3) is 5.69 Å². The van der Waals surface area contributed by atoms with Gasteiger partial charge in [-0.15, -0.1) is 0 Å². The predicted octanol–water partition coefficient (Wildman–Crippen LogP) is 3.28. The van der Waals surface area contributed by atoms with Gasteiger partial charge >= 0.3 is 17.8 Å². The molecule has 8 nitrogen and oxygen atoms in total. The Morgan fingerprint density at radius 3 is 2.22 bits per heavy atom. The number of hydrogen-bond acceptors (Lipinski definition) is 5. The van der Waals surface area contributed by atoms with Gasteiger partial charge in [0, 0.05) is 28.3 Å². The number of hydrazone groups is 1. The molecule has 0 bridgehead atoms. The van der Waals surface area contributed by atoms with Crippen LogP contribution in [0.4, 0.5) is 5.69 Å². The minimum atomic E-state index is -0.911. The number of aryl methyl sites for hydroxylation is 2. The SMILES string of the molecule is COC(=O)c1ccc(NC(=O)C(=O)N/N=C\c2cc(C)n(-c3ccc(C)cc3)c2C)cc1. The van der Waals surface area contributed by atoms with Crippen LogP contribution in [0, 0.1) is 20.8 Å². The van der Waals surface area contributed by atoms with E-state index >= 15 is 0 Å². The van der Waals surface area contributed by atoms with Crippen molar-refractivity contribution in [2.45, 2.75) is 20.8 Å². The summed E-state index contributed by atoms with van der Waals surface area (Å²) >= 11 is 0. The number of amides is 2. The highest BCUT2D eigenvalue weighted by Gasteiger charge is 2.14. The van der Waals surface area contributed by atoms with Crippen molar-refractivity contribution in [1.82, 2.24) is 9.99 Å². The average molecular weight is 432 g/mol. The summed E-state index contributed by atoms with van der Waals surface area (Å²) in [5.41, 5.74) is 7.94. The number of nitrogens with zero attached hydrogens (tertiary/aromatic N) is 2. The molecule has 0 unspecified atom stereocenters. The molecule has 164 valence electrons. The fourth-order valence-electron chi connectivity index (χ4n) is 3.22. The van der Waals surface area contributed by atoms with Crippen molar-refractivity contribution in [2.75, 3.05) is 12.4 Å². The molecule has 0 aliphatic rings. The number of carbonyl (C=O) groups excluding carboxylic acids is 3. The Kier molecular flexibility index (Phi) is 6.84. The molecule has 0 saturated heterocycles. The summed E-state index contributed by atoms with van der Waals surface area (Å²) in [6.07, 6.45) is 1.50. The Bertz CT molecular complexity index is 1180. The maximum atomic E-state index is 12.1. The molecule has 3 aromatic rings. The van der Waals surface area contributed by atoms with E-state index < -0.39 is 17.8 Å². The molecule has 2 N–H and O–H groups in total. The molecule has 0 fully saturated rings. The van der Waals surface area contributed by atoms with Crippen molar-refractivity contribution in [3.8, 4) is 5.69 Å². The van der Waals surface area contributed by atoms with Gasteiger partial charge in [0.25, 0.3) is 0 Å². The largest absolute Gasteiger partial charge is 0.465 e. The lowest BCUT2D eigenvalue weighted by Crippen LogP contribution is -2.32. The standard InChI is InChI=1S/C24H24N4O4/c1-15-5-11-21(12-6-15)28-16(2)13-19(17(28)3)14-25-27-23(30)22(29)26-20-9-7-18(8-10-20)24(31)32-4/h5-14H,1-4H3,(H,26,29)(H,27,30)/b25-14-. The van der Waals surface area contributed by atoms with Crippen molar-refractivity contribution >= 4 is 29.7 Å². The van der Waals surface area contributed by atoms with Crippen LogP contribution in [0.5, 0.6) is 0 Å². The van der Waals surface area contributed by atoms with Gasteiger partial charge in [-0.05, 0) is 63.2 Å². The zero-order valence-electron chi connectivity index (χ0n) is 18.3. The summed E-state index contributed by atoms with van der Waals surface area (Å²) in [6.45, 7) is 5.98. The van der Waals surface area contributed by atoms with Crippen molar-refractivity contribution in [3.63, 3.8) is 0 Å².